The highest BCUT2D eigenvalue weighted by Gasteiger charge is 2.17. The maximum absolute atomic E-state index is 5.31. The molecule has 1 aromatic rings. The van der Waals surface area contributed by atoms with Crippen LogP contribution in [0.3, 0.4) is 0 Å². The van der Waals surface area contributed by atoms with Gasteiger partial charge in [0, 0.05) is 20.1 Å². The zero-order valence-corrected chi connectivity index (χ0v) is 11.5. The molecule has 0 aromatic carbocycles. The van der Waals surface area contributed by atoms with Crippen LogP contribution in [0.1, 0.15) is 0 Å². The smallest absolute Gasteiger partial charge is 0.249 e. The van der Waals surface area contributed by atoms with Crippen molar-refractivity contribution < 1.29 is 4.74 Å². The Balaban J connectivity index is 2.09. The first-order valence-electron chi connectivity index (χ1n) is 5.29. The number of thioether (sulfide) groups is 1. The van der Waals surface area contributed by atoms with Gasteiger partial charge >= 0.3 is 0 Å². The van der Waals surface area contributed by atoms with Crippen LogP contribution in [0.25, 0.3) is 0 Å². The van der Waals surface area contributed by atoms with E-state index in [0.29, 0.717) is 10.3 Å². The van der Waals surface area contributed by atoms with E-state index in [0.717, 1.165) is 32.3 Å². The van der Waals surface area contributed by atoms with Gasteiger partial charge < -0.3 is 15.0 Å². The molecular formula is C9H15N5OS2. The first-order valence-corrected chi connectivity index (χ1v) is 6.92. The summed E-state index contributed by atoms with van der Waals surface area (Å²) >= 11 is 6.54. The molecule has 0 unspecified atom stereocenters. The molecule has 1 N–H and O–H groups in total. The molecule has 0 aliphatic carbocycles. The van der Waals surface area contributed by atoms with Crippen LogP contribution in [-0.2, 0) is 11.8 Å². The molecule has 8 heteroatoms. The maximum atomic E-state index is 5.31. The Morgan fingerprint density at radius 3 is 2.82 bits per heavy atom. The van der Waals surface area contributed by atoms with Crippen molar-refractivity contribution in [2.75, 3.05) is 42.8 Å². The van der Waals surface area contributed by atoms with E-state index in [1.54, 1.807) is 4.68 Å². The number of aryl methyl sites for hydroxylation is 1. The van der Waals surface area contributed by atoms with Crippen LogP contribution < -0.4 is 10.2 Å². The lowest BCUT2D eigenvalue weighted by Crippen LogP contribution is -2.37. The van der Waals surface area contributed by atoms with Crippen molar-refractivity contribution in [3.05, 3.63) is 0 Å². The summed E-state index contributed by atoms with van der Waals surface area (Å²) < 4.78 is 7.74. The summed E-state index contributed by atoms with van der Waals surface area (Å²) in [4.78, 5) is 6.59. The Morgan fingerprint density at radius 2 is 2.18 bits per heavy atom. The van der Waals surface area contributed by atoms with Gasteiger partial charge in [-0.2, -0.15) is 4.98 Å². The second-order valence-electron chi connectivity index (χ2n) is 3.58. The fourth-order valence-electron chi connectivity index (χ4n) is 1.61. The number of rotatable bonds is 2. The molecule has 1 aromatic heterocycles. The average Bonchev–Trinajstić information content (AvgIpc) is 2.71. The van der Waals surface area contributed by atoms with E-state index in [1.165, 1.54) is 11.8 Å². The second kappa shape index (κ2) is 5.65. The van der Waals surface area contributed by atoms with Crippen molar-refractivity contribution in [1.82, 2.24) is 14.8 Å². The van der Waals surface area contributed by atoms with E-state index < -0.39 is 0 Å². The van der Waals surface area contributed by atoms with Crippen LogP contribution in [-0.4, -0.2) is 51.6 Å². The van der Waals surface area contributed by atoms with Crippen molar-refractivity contribution in [2.45, 2.75) is 0 Å². The number of aromatic nitrogens is 3. The molecule has 2 heterocycles. The third-order valence-corrected chi connectivity index (χ3v) is 3.51. The lowest BCUT2D eigenvalue weighted by molar-refractivity contribution is 0.121. The molecule has 94 valence electrons. The maximum Gasteiger partial charge on any atom is 0.249 e. The molecule has 0 amide bonds. The van der Waals surface area contributed by atoms with Gasteiger partial charge in [-0.1, -0.05) is 12.2 Å². The third kappa shape index (κ3) is 3.08. The summed E-state index contributed by atoms with van der Waals surface area (Å²) in [6.07, 6.45) is 1.92. The molecule has 0 atom stereocenters. The first kappa shape index (κ1) is 12.6. The van der Waals surface area contributed by atoms with Crippen LogP contribution in [0.2, 0.25) is 0 Å². The van der Waals surface area contributed by atoms with Gasteiger partial charge in [0.1, 0.15) is 4.32 Å². The number of hydrogen-bond acceptors (Lipinski definition) is 6. The Kier molecular flexibility index (Phi) is 4.19. The van der Waals surface area contributed by atoms with E-state index in [9.17, 15) is 0 Å². The summed E-state index contributed by atoms with van der Waals surface area (Å²) in [5, 5.41) is 7.27. The van der Waals surface area contributed by atoms with Gasteiger partial charge in [-0.05, 0) is 6.26 Å². The molecule has 1 aliphatic rings. The van der Waals surface area contributed by atoms with Crippen LogP contribution in [0.15, 0.2) is 0 Å². The van der Waals surface area contributed by atoms with Crippen molar-refractivity contribution in [1.29, 1.82) is 0 Å². The Bertz CT molecular complexity index is 402. The number of nitrogens with zero attached hydrogens (tertiary/aromatic N) is 4. The van der Waals surface area contributed by atoms with Gasteiger partial charge in [0.2, 0.25) is 11.9 Å². The first-order chi connectivity index (χ1) is 8.20. The van der Waals surface area contributed by atoms with E-state index in [4.69, 9.17) is 17.0 Å². The van der Waals surface area contributed by atoms with Crippen LogP contribution in [0, 0.1) is 0 Å². The van der Waals surface area contributed by atoms with E-state index >= 15 is 0 Å². The highest BCUT2D eigenvalue weighted by atomic mass is 32.2. The lowest BCUT2D eigenvalue weighted by atomic mass is 10.4. The molecule has 0 bridgehead atoms. The molecule has 2 rings (SSSR count). The lowest BCUT2D eigenvalue weighted by Gasteiger charge is -2.26. The van der Waals surface area contributed by atoms with Gasteiger partial charge in [-0.15, -0.1) is 16.9 Å². The average molecular weight is 273 g/mol. The molecule has 17 heavy (non-hydrogen) atoms. The van der Waals surface area contributed by atoms with E-state index in [-0.39, 0.29) is 0 Å². The molecule has 1 aliphatic heterocycles. The Morgan fingerprint density at radius 1 is 1.47 bits per heavy atom. The van der Waals surface area contributed by atoms with Crippen LogP contribution >= 0.6 is 24.0 Å². The van der Waals surface area contributed by atoms with E-state index in [1.807, 2.05) is 13.3 Å². The van der Waals surface area contributed by atoms with E-state index in [2.05, 4.69) is 20.3 Å². The van der Waals surface area contributed by atoms with Crippen LogP contribution in [0.5, 0.6) is 0 Å². The Hall–Kier alpha value is -0.860. The predicted molar refractivity (Wildman–Crippen MR) is 73.8 cm³/mol. The summed E-state index contributed by atoms with van der Waals surface area (Å²) in [5.41, 5.74) is 0. The fraction of sp³-hybridized carbons (Fsp3) is 0.667. The van der Waals surface area contributed by atoms with Crippen molar-refractivity contribution in [2.24, 2.45) is 7.05 Å². The monoisotopic (exact) mass is 273 g/mol. The van der Waals surface area contributed by atoms with Crippen LogP contribution in [0.4, 0.5) is 11.9 Å². The SMILES string of the molecule is CSC(=S)Nc1nc(N2CCOCC2)n(C)n1. The van der Waals surface area contributed by atoms with Gasteiger partial charge in [0.25, 0.3) is 0 Å². The highest BCUT2D eigenvalue weighted by Crippen LogP contribution is 2.15. The molecule has 1 saturated heterocycles. The zero-order valence-electron chi connectivity index (χ0n) is 9.84. The topological polar surface area (TPSA) is 55.2 Å². The Labute approximate surface area is 110 Å². The number of hydrogen-bond donors (Lipinski definition) is 1. The zero-order chi connectivity index (χ0) is 12.3. The van der Waals surface area contributed by atoms with Gasteiger partial charge in [-0.25, -0.2) is 4.68 Å². The quantitative estimate of drug-likeness (QED) is 0.796. The molecule has 6 nitrogen and oxygen atoms in total. The van der Waals surface area contributed by atoms with Crippen molar-refractivity contribution >= 4 is 40.2 Å². The van der Waals surface area contributed by atoms with Gasteiger partial charge in [0.05, 0.1) is 13.2 Å². The highest BCUT2D eigenvalue weighted by molar-refractivity contribution is 8.22. The second-order valence-corrected chi connectivity index (χ2v) is 5.06. The summed E-state index contributed by atoms with van der Waals surface area (Å²) in [6, 6.07) is 0. The van der Waals surface area contributed by atoms with Gasteiger partial charge in [-0.3, -0.25) is 0 Å². The minimum Gasteiger partial charge on any atom is -0.378 e. The normalized spacial score (nSPS) is 16.0. The molecule has 0 spiro atoms. The largest absolute Gasteiger partial charge is 0.378 e. The molecular weight excluding hydrogens is 258 g/mol. The third-order valence-electron chi connectivity index (χ3n) is 2.43. The fourth-order valence-corrected chi connectivity index (χ4v) is 1.89. The minimum atomic E-state index is 0.549. The minimum absolute atomic E-state index is 0.549. The molecule has 0 radical (unpaired) electrons. The van der Waals surface area contributed by atoms with Crippen molar-refractivity contribution in [3.8, 4) is 0 Å². The number of morpholine rings is 1. The molecule has 0 saturated carbocycles. The summed E-state index contributed by atoms with van der Waals surface area (Å²) in [5.74, 6) is 1.40. The molecule has 1 fully saturated rings. The van der Waals surface area contributed by atoms with Crippen molar-refractivity contribution in [3.63, 3.8) is 0 Å². The number of ether oxygens (including phenoxy) is 1. The standard InChI is InChI=1S/C9H15N5OS2/c1-13-8(14-3-5-15-6-4-14)10-7(12-13)11-9(16)17-2/h3-6H2,1-2H3,(H,11,12,16). The summed E-state index contributed by atoms with van der Waals surface area (Å²) in [7, 11) is 1.88. The predicted octanol–water partition coefficient (Wildman–Crippen LogP) is 0.712. The number of nitrogens with one attached hydrogen (secondary N) is 1. The van der Waals surface area contributed by atoms with Gasteiger partial charge in [0.15, 0.2) is 0 Å². The number of anilines is 2. The number of thiocarbonyl (C=S) groups is 1. The summed E-state index contributed by atoms with van der Waals surface area (Å²) in [6.45, 7) is 3.16.